The number of nitrogens with zero attached hydrogens (tertiary/aromatic N) is 2. The first-order valence-electron chi connectivity index (χ1n) is 13.6. The summed E-state index contributed by atoms with van der Waals surface area (Å²) in [5, 5.41) is 5.16. The summed E-state index contributed by atoms with van der Waals surface area (Å²) in [6.07, 6.45) is 10.7. The first-order valence-corrected chi connectivity index (χ1v) is 14.0. The third kappa shape index (κ3) is 3.90. The van der Waals surface area contributed by atoms with Crippen LogP contribution in [0.3, 0.4) is 0 Å². The molecule has 2 saturated heterocycles. The summed E-state index contributed by atoms with van der Waals surface area (Å²) < 4.78 is 6.77. The number of likely N-dealkylation sites (tertiary alicyclic amines) is 1. The molecule has 4 saturated carbocycles. The molecule has 1 aromatic carbocycles. The van der Waals surface area contributed by atoms with Gasteiger partial charge in [0.25, 0.3) is 0 Å². The molecule has 3 heterocycles. The number of benzene rings is 1. The van der Waals surface area contributed by atoms with Gasteiger partial charge in [-0.05, 0) is 74.6 Å². The van der Waals surface area contributed by atoms with Crippen molar-refractivity contribution in [3.8, 4) is 0 Å². The standard InChI is InChI=1S/C28H34ClN3O4/c29-22-3-4-23-24(5-9-31-25(23)17-22)30-8-1-2-26(33)32-10-6-27(7-11-32)34-28(36-35-27)20-13-18-12-19(15-20)16-21(28)14-18/h3-5,9,17-21H,1-2,6-8,10-16H2,(H,30,31). The Balaban J connectivity index is 0.904. The maximum atomic E-state index is 12.9. The summed E-state index contributed by atoms with van der Waals surface area (Å²) in [7, 11) is 0. The van der Waals surface area contributed by atoms with E-state index in [1.165, 1.54) is 32.1 Å². The van der Waals surface area contributed by atoms with Crippen LogP contribution < -0.4 is 5.32 Å². The minimum atomic E-state index is -0.682. The number of fused-ring (bicyclic) bond motifs is 1. The topological polar surface area (TPSA) is 72.9 Å². The Bertz CT molecular complexity index is 1140. The van der Waals surface area contributed by atoms with E-state index in [-0.39, 0.29) is 5.91 Å². The van der Waals surface area contributed by atoms with Crippen molar-refractivity contribution in [2.45, 2.75) is 69.4 Å². The molecule has 36 heavy (non-hydrogen) atoms. The molecule has 1 aromatic heterocycles. The smallest absolute Gasteiger partial charge is 0.222 e. The highest BCUT2D eigenvalue weighted by Crippen LogP contribution is 2.63. The number of pyridine rings is 1. The number of nitrogens with one attached hydrogen (secondary N) is 1. The fourth-order valence-electron chi connectivity index (χ4n) is 7.79. The lowest BCUT2D eigenvalue weighted by Crippen LogP contribution is -2.59. The van der Waals surface area contributed by atoms with Gasteiger partial charge in [-0.15, -0.1) is 0 Å². The van der Waals surface area contributed by atoms with Gasteiger partial charge in [-0.2, -0.15) is 9.78 Å². The van der Waals surface area contributed by atoms with E-state index in [1.54, 1.807) is 6.20 Å². The van der Waals surface area contributed by atoms with Crippen molar-refractivity contribution in [2.75, 3.05) is 25.0 Å². The molecule has 0 radical (unpaired) electrons. The first-order chi connectivity index (χ1) is 17.5. The SMILES string of the molecule is O=C(CCCNc1ccnc2cc(Cl)ccc12)N1CCC2(CC1)OOC1(O2)C2CC3CC(C2)CC1C3. The van der Waals surface area contributed by atoms with Gasteiger partial charge in [-0.3, -0.25) is 9.78 Å². The fourth-order valence-corrected chi connectivity index (χ4v) is 7.95. The molecular formula is C28H34ClN3O4. The van der Waals surface area contributed by atoms with Crippen molar-refractivity contribution in [3.05, 3.63) is 35.5 Å². The van der Waals surface area contributed by atoms with Crippen LogP contribution in [0.25, 0.3) is 10.9 Å². The normalized spacial score (nSPS) is 34.2. The molecule has 2 spiro atoms. The summed E-state index contributed by atoms with van der Waals surface area (Å²) in [6.45, 7) is 2.03. The lowest BCUT2D eigenvalue weighted by Gasteiger charge is -2.57. The van der Waals surface area contributed by atoms with Gasteiger partial charge in [-0.1, -0.05) is 11.6 Å². The van der Waals surface area contributed by atoms with Crippen LogP contribution in [0.2, 0.25) is 5.02 Å². The molecule has 8 rings (SSSR count). The van der Waals surface area contributed by atoms with Gasteiger partial charge >= 0.3 is 0 Å². The number of amides is 1. The molecule has 4 bridgehead atoms. The number of carbonyl (C=O) groups excluding carboxylic acids is 1. The van der Waals surface area contributed by atoms with E-state index in [2.05, 4.69) is 10.3 Å². The minimum absolute atomic E-state index is 0.196. The van der Waals surface area contributed by atoms with E-state index in [4.69, 9.17) is 26.1 Å². The van der Waals surface area contributed by atoms with E-state index < -0.39 is 11.6 Å². The van der Waals surface area contributed by atoms with Crippen molar-refractivity contribution in [1.82, 2.24) is 9.88 Å². The Kier molecular flexibility index (Phi) is 5.69. The molecule has 2 aromatic rings. The van der Waals surface area contributed by atoms with E-state index >= 15 is 0 Å². The predicted molar refractivity (Wildman–Crippen MR) is 136 cm³/mol. The van der Waals surface area contributed by atoms with Crippen LogP contribution in [0.4, 0.5) is 5.69 Å². The Morgan fingerprint density at radius 3 is 2.56 bits per heavy atom. The third-order valence-electron chi connectivity index (χ3n) is 9.41. The molecule has 0 atom stereocenters. The van der Waals surface area contributed by atoms with Gasteiger partial charge in [0.15, 0.2) is 0 Å². The lowest BCUT2D eigenvalue weighted by atomic mass is 9.53. The Hall–Kier alpha value is -1.93. The zero-order chi connectivity index (χ0) is 24.3. The number of halogens is 1. The number of ether oxygens (including phenoxy) is 1. The molecule has 6 aliphatic rings. The zero-order valence-corrected chi connectivity index (χ0v) is 21.3. The molecule has 192 valence electrons. The molecule has 1 amide bonds. The minimum Gasteiger partial charge on any atom is -0.384 e. The number of hydrogen-bond acceptors (Lipinski definition) is 6. The predicted octanol–water partition coefficient (Wildman–Crippen LogP) is 5.53. The highest BCUT2D eigenvalue weighted by molar-refractivity contribution is 6.31. The van der Waals surface area contributed by atoms with E-state index in [9.17, 15) is 4.79 Å². The van der Waals surface area contributed by atoms with Crippen LogP contribution in [0, 0.1) is 23.7 Å². The third-order valence-corrected chi connectivity index (χ3v) is 9.65. The second-order valence-electron chi connectivity index (χ2n) is 11.6. The summed E-state index contributed by atoms with van der Waals surface area (Å²) in [5.74, 6) is 1.62. The molecule has 1 N–H and O–H groups in total. The average Bonchev–Trinajstić information content (AvgIpc) is 3.24. The van der Waals surface area contributed by atoms with Crippen molar-refractivity contribution < 1.29 is 19.3 Å². The highest BCUT2D eigenvalue weighted by Gasteiger charge is 2.66. The number of anilines is 1. The molecule has 7 nitrogen and oxygen atoms in total. The second-order valence-corrected chi connectivity index (χ2v) is 12.1. The van der Waals surface area contributed by atoms with E-state index in [0.29, 0.717) is 49.2 Å². The van der Waals surface area contributed by atoms with E-state index in [1.807, 2.05) is 29.2 Å². The Morgan fingerprint density at radius 1 is 1.06 bits per heavy atom. The number of rotatable bonds is 5. The van der Waals surface area contributed by atoms with Gasteiger partial charge in [0.2, 0.25) is 17.5 Å². The Morgan fingerprint density at radius 2 is 1.81 bits per heavy atom. The number of hydrogen-bond donors (Lipinski definition) is 1. The average molecular weight is 512 g/mol. The van der Waals surface area contributed by atoms with Gasteiger partial charge in [0.05, 0.1) is 5.52 Å². The van der Waals surface area contributed by atoms with Crippen LogP contribution in [0.5, 0.6) is 0 Å². The second kappa shape index (κ2) is 8.83. The molecule has 6 fully saturated rings. The van der Waals surface area contributed by atoms with Crippen LogP contribution in [-0.2, 0) is 19.3 Å². The van der Waals surface area contributed by atoms with Crippen molar-refractivity contribution in [1.29, 1.82) is 0 Å². The van der Waals surface area contributed by atoms with Gasteiger partial charge in [0.1, 0.15) is 0 Å². The fraction of sp³-hybridized carbons (Fsp3) is 0.643. The monoisotopic (exact) mass is 511 g/mol. The zero-order valence-electron chi connectivity index (χ0n) is 20.6. The Labute approximate surface area is 216 Å². The van der Waals surface area contributed by atoms with Crippen molar-refractivity contribution in [2.24, 2.45) is 23.7 Å². The van der Waals surface area contributed by atoms with Crippen LogP contribution in [0.1, 0.15) is 57.8 Å². The number of carbonyl (C=O) groups is 1. The lowest BCUT2D eigenvalue weighted by molar-refractivity contribution is -0.390. The maximum absolute atomic E-state index is 12.9. The van der Waals surface area contributed by atoms with E-state index in [0.717, 1.165) is 41.4 Å². The van der Waals surface area contributed by atoms with Gasteiger partial charge < -0.3 is 15.0 Å². The van der Waals surface area contributed by atoms with Crippen molar-refractivity contribution >= 4 is 34.1 Å². The van der Waals surface area contributed by atoms with Crippen molar-refractivity contribution in [3.63, 3.8) is 0 Å². The molecule has 8 heteroatoms. The molecular weight excluding hydrogens is 478 g/mol. The molecule has 2 aliphatic heterocycles. The summed E-state index contributed by atoms with van der Waals surface area (Å²) >= 11 is 6.09. The summed E-state index contributed by atoms with van der Waals surface area (Å²) in [5.41, 5.74) is 1.87. The van der Waals surface area contributed by atoms with Gasteiger partial charge in [-0.25, -0.2) is 0 Å². The molecule has 4 aliphatic carbocycles. The summed E-state index contributed by atoms with van der Waals surface area (Å²) in [4.78, 5) is 31.4. The quantitative estimate of drug-likeness (QED) is 0.420. The van der Waals surface area contributed by atoms with Gasteiger partial charge in [0, 0.05) is 73.0 Å². The first kappa shape index (κ1) is 23.2. The van der Waals surface area contributed by atoms with Crippen LogP contribution >= 0.6 is 11.6 Å². The molecule has 0 unspecified atom stereocenters. The summed E-state index contributed by atoms with van der Waals surface area (Å²) in [6, 6.07) is 7.67. The number of piperidine rings is 1. The maximum Gasteiger partial charge on any atom is 0.222 e. The largest absolute Gasteiger partial charge is 0.384 e. The number of aromatic nitrogens is 1. The highest BCUT2D eigenvalue weighted by atomic mass is 35.5. The van der Waals surface area contributed by atoms with Crippen LogP contribution in [0.15, 0.2) is 30.5 Å². The van der Waals surface area contributed by atoms with Crippen LogP contribution in [-0.4, -0.2) is 47.0 Å².